The topological polar surface area (TPSA) is 64.0 Å². The van der Waals surface area contributed by atoms with Crippen LogP contribution in [-0.2, 0) is 4.79 Å². The standard InChI is InChI=1S/C26H24ClN3O2S/c1-15-12-17(3)24(20(27)13-15)29-23(31)14-33-26-28-21-10-6-5-9-19(21)25(32)30(26)22-11-7-8-16(2)18(22)4/h5-13H,14H2,1-4H3,(H,29,31). The zero-order chi connectivity index (χ0) is 23.7. The highest BCUT2D eigenvalue weighted by Gasteiger charge is 2.17. The zero-order valence-electron chi connectivity index (χ0n) is 18.9. The minimum Gasteiger partial charge on any atom is -0.324 e. The van der Waals surface area contributed by atoms with Crippen LogP contribution in [0.4, 0.5) is 5.69 Å². The van der Waals surface area contributed by atoms with Crippen LogP contribution in [0.15, 0.2) is 64.5 Å². The monoisotopic (exact) mass is 477 g/mol. The van der Waals surface area contributed by atoms with Crippen LogP contribution >= 0.6 is 23.4 Å². The SMILES string of the molecule is Cc1cc(C)c(NC(=O)CSc2nc3ccccc3c(=O)n2-c2cccc(C)c2C)c(Cl)c1. The number of para-hydroxylation sites is 1. The fourth-order valence-electron chi connectivity index (χ4n) is 3.78. The number of carbonyl (C=O) groups is 1. The van der Waals surface area contributed by atoms with Crippen molar-refractivity contribution in [2.75, 3.05) is 11.1 Å². The molecule has 4 rings (SSSR count). The van der Waals surface area contributed by atoms with Crippen LogP contribution in [0, 0.1) is 27.7 Å². The van der Waals surface area contributed by atoms with Gasteiger partial charge in [-0.2, -0.15) is 0 Å². The quantitative estimate of drug-likeness (QED) is 0.282. The Hall–Kier alpha value is -3.09. The lowest BCUT2D eigenvalue weighted by molar-refractivity contribution is -0.113. The van der Waals surface area contributed by atoms with Crippen molar-refractivity contribution in [3.63, 3.8) is 0 Å². The van der Waals surface area contributed by atoms with E-state index in [0.717, 1.165) is 27.9 Å². The number of nitrogens with one attached hydrogen (secondary N) is 1. The fraction of sp³-hybridized carbons (Fsp3) is 0.192. The van der Waals surface area contributed by atoms with E-state index in [-0.39, 0.29) is 17.2 Å². The first-order valence-corrected chi connectivity index (χ1v) is 11.9. The van der Waals surface area contributed by atoms with E-state index >= 15 is 0 Å². The molecule has 1 heterocycles. The molecule has 0 aliphatic carbocycles. The summed E-state index contributed by atoms with van der Waals surface area (Å²) in [6.07, 6.45) is 0. The molecule has 0 unspecified atom stereocenters. The second kappa shape index (κ2) is 9.41. The van der Waals surface area contributed by atoms with E-state index in [2.05, 4.69) is 5.32 Å². The number of hydrogen-bond acceptors (Lipinski definition) is 4. The van der Waals surface area contributed by atoms with Crippen LogP contribution in [0.25, 0.3) is 16.6 Å². The van der Waals surface area contributed by atoms with Crippen LogP contribution in [0.3, 0.4) is 0 Å². The predicted molar refractivity (Wildman–Crippen MR) is 137 cm³/mol. The number of aromatic nitrogens is 2. The summed E-state index contributed by atoms with van der Waals surface area (Å²) in [6, 6.07) is 16.9. The van der Waals surface area contributed by atoms with Crippen molar-refractivity contribution >= 4 is 45.9 Å². The minimum atomic E-state index is -0.219. The number of benzene rings is 3. The molecular weight excluding hydrogens is 454 g/mol. The summed E-state index contributed by atoms with van der Waals surface area (Å²) in [7, 11) is 0. The molecule has 0 atom stereocenters. The number of fused-ring (bicyclic) bond motifs is 1. The molecule has 0 radical (unpaired) electrons. The molecule has 5 nitrogen and oxygen atoms in total. The van der Waals surface area contributed by atoms with Crippen molar-refractivity contribution in [1.29, 1.82) is 0 Å². The molecule has 4 aromatic rings. The van der Waals surface area contributed by atoms with Gasteiger partial charge in [-0.1, -0.05) is 53.7 Å². The fourth-order valence-corrected chi connectivity index (χ4v) is 4.95. The number of anilines is 1. The third kappa shape index (κ3) is 4.68. The number of halogens is 1. The Morgan fingerprint density at radius 3 is 2.55 bits per heavy atom. The maximum absolute atomic E-state index is 13.5. The third-order valence-corrected chi connectivity index (χ3v) is 6.83. The minimum absolute atomic E-state index is 0.0826. The van der Waals surface area contributed by atoms with Gasteiger partial charge in [0, 0.05) is 0 Å². The molecule has 33 heavy (non-hydrogen) atoms. The summed E-state index contributed by atoms with van der Waals surface area (Å²) in [6.45, 7) is 7.85. The van der Waals surface area contributed by atoms with Gasteiger partial charge in [0.25, 0.3) is 5.56 Å². The first-order valence-electron chi connectivity index (χ1n) is 10.5. The van der Waals surface area contributed by atoms with Crippen molar-refractivity contribution in [2.24, 2.45) is 0 Å². The Morgan fingerprint density at radius 2 is 1.79 bits per heavy atom. The highest BCUT2D eigenvalue weighted by molar-refractivity contribution is 7.99. The van der Waals surface area contributed by atoms with Crippen LogP contribution in [-0.4, -0.2) is 21.2 Å². The lowest BCUT2D eigenvalue weighted by Gasteiger charge is -2.16. The molecule has 0 saturated heterocycles. The smallest absolute Gasteiger partial charge is 0.266 e. The molecule has 168 valence electrons. The Balaban J connectivity index is 1.71. The molecule has 3 aromatic carbocycles. The molecule has 0 aliphatic heterocycles. The summed E-state index contributed by atoms with van der Waals surface area (Å²) >= 11 is 7.56. The van der Waals surface area contributed by atoms with E-state index in [4.69, 9.17) is 16.6 Å². The number of hydrogen-bond donors (Lipinski definition) is 1. The number of aryl methyl sites for hydroxylation is 3. The van der Waals surface area contributed by atoms with Gasteiger partial charge in [0.15, 0.2) is 5.16 Å². The van der Waals surface area contributed by atoms with Crippen molar-refractivity contribution < 1.29 is 4.79 Å². The van der Waals surface area contributed by atoms with Gasteiger partial charge in [0.1, 0.15) is 0 Å². The van der Waals surface area contributed by atoms with Crippen LogP contribution in [0.2, 0.25) is 5.02 Å². The average molecular weight is 478 g/mol. The number of rotatable bonds is 5. The van der Waals surface area contributed by atoms with Gasteiger partial charge >= 0.3 is 0 Å². The average Bonchev–Trinajstić information content (AvgIpc) is 2.77. The van der Waals surface area contributed by atoms with Gasteiger partial charge in [-0.15, -0.1) is 0 Å². The summed E-state index contributed by atoms with van der Waals surface area (Å²) in [5.41, 5.74) is 5.80. The van der Waals surface area contributed by atoms with E-state index in [9.17, 15) is 9.59 Å². The lowest BCUT2D eigenvalue weighted by Crippen LogP contribution is -2.23. The van der Waals surface area contributed by atoms with Gasteiger partial charge in [0.2, 0.25) is 5.91 Å². The Morgan fingerprint density at radius 1 is 1.03 bits per heavy atom. The summed E-state index contributed by atoms with van der Waals surface area (Å²) in [5, 5.41) is 4.41. The molecule has 0 aliphatic rings. The molecule has 7 heteroatoms. The normalized spacial score (nSPS) is 11.1. The molecular formula is C26H24ClN3O2S. The summed E-state index contributed by atoms with van der Waals surface area (Å²) < 4.78 is 1.60. The van der Waals surface area contributed by atoms with Gasteiger partial charge in [0.05, 0.1) is 33.1 Å². The molecule has 0 bridgehead atoms. The molecule has 0 saturated carbocycles. The van der Waals surface area contributed by atoms with Crippen molar-refractivity contribution in [1.82, 2.24) is 9.55 Å². The maximum Gasteiger partial charge on any atom is 0.266 e. The lowest BCUT2D eigenvalue weighted by atomic mass is 10.1. The van der Waals surface area contributed by atoms with E-state index in [1.54, 1.807) is 10.6 Å². The highest BCUT2D eigenvalue weighted by Crippen LogP contribution is 2.28. The number of amides is 1. The van der Waals surface area contributed by atoms with Gasteiger partial charge < -0.3 is 5.32 Å². The largest absolute Gasteiger partial charge is 0.324 e. The van der Waals surface area contributed by atoms with Crippen LogP contribution in [0.5, 0.6) is 0 Å². The van der Waals surface area contributed by atoms with E-state index < -0.39 is 0 Å². The van der Waals surface area contributed by atoms with E-state index in [1.165, 1.54) is 11.8 Å². The number of carbonyl (C=O) groups excluding carboxylic acids is 1. The highest BCUT2D eigenvalue weighted by atomic mass is 35.5. The molecule has 1 aromatic heterocycles. The van der Waals surface area contributed by atoms with Crippen LogP contribution < -0.4 is 10.9 Å². The van der Waals surface area contributed by atoms with Crippen molar-refractivity contribution in [2.45, 2.75) is 32.9 Å². The van der Waals surface area contributed by atoms with Gasteiger partial charge in [-0.3, -0.25) is 14.2 Å². The zero-order valence-corrected chi connectivity index (χ0v) is 20.5. The maximum atomic E-state index is 13.5. The van der Waals surface area contributed by atoms with Gasteiger partial charge in [-0.05, 0) is 74.2 Å². The first-order chi connectivity index (χ1) is 15.8. The second-order valence-corrected chi connectivity index (χ2v) is 9.40. The molecule has 0 fully saturated rings. The summed E-state index contributed by atoms with van der Waals surface area (Å²) in [4.78, 5) is 31.0. The van der Waals surface area contributed by atoms with Crippen molar-refractivity contribution in [3.8, 4) is 5.69 Å². The predicted octanol–water partition coefficient (Wildman–Crippen LogP) is 6.00. The Labute approximate surface area is 201 Å². The van der Waals surface area contributed by atoms with E-state index in [1.807, 2.05) is 76.2 Å². The third-order valence-electron chi connectivity index (χ3n) is 5.59. The molecule has 0 spiro atoms. The van der Waals surface area contributed by atoms with Crippen LogP contribution in [0.1, 0.15) is 22.3 Å². The summed E-state index contributed by atoms with van der Waals surface area (Å²) in [5.74, 6) is -0.136. The first kappa shape index (κ1) is 23.1. The Kier molecular flexibility index (Phi) is 6.58. The molecule has 1 amide bonds. The van der Waals surface area contributed by atoms with E-state index in [0.29, 0.717) is 26.8 Å². The number of nitrogens with zero attached hydrogens (tertiary/aromatic N) is 2. The van der Waals surface area contributed by atoms with Gasteiger partial charge in [-0.25, -0.2) is 4.98 Å². The van der Waals surface area contributed by atoms with Crippen molar-refractivity contribution in [3.05, 3.63) is 92.2 Å². The molecule has 1 N–H and O–H groups in total. The Bertz CT molecular complexity index is 1420. The number of thioether (sulfide) groups is 1. The second-order valence-electron chi connectivity index (χ2n) is 8.05.